The molecule has 2 aromatic heterocycles. The predicted molar refractivity (Wildman–Crippen MR) is 234 cm³/mol. The van der Waals surface area contributed by atoms with Gasteiger partial charge in [0.05, 0.1) is 5.69 Å². The molecule has 0 spiro atoms. The lowest BCUT2D eigenvalue weighted by Gasteiger charge is -2.34. The Balaban J connectivity index is 0.963. The number of allylic oxidation sites excluding steroid dienone is 10. The number of hydrogen-bond acceptors (Lipinski definition) is 7. The largest absolute Gasteiger partial charge is 0.340 e. The van der Waals surface area contributed by atoms with Gasteiger partial charge in [0.2, 0.25) is 11.9 Å². The fourth-order valence-corrected chi connectivity index (χ4v) is 6.33. The predicted octanol–water partition coefficient (Wildman–Crippen LogP) is 10.4. The van der Waals surface area contributed by atoms with Crippen LogP contribution in [0.5, 0.6) is 0 Å². The second kappa shape index (κ2) is 23.9. The second-order valence-electron chi connectivity index (χ2n) is 14.1. The molecule has 296 valence electrons. The number of pyridine rings is 1. The third-order valence-electron chi connectivity index (χ3n) is 9.62. The number of rotatable bonds is 20. The van der Waals surface area contributed by atoms with E-state index in [9.17, 15) is 9.59 Å². The van der Waals surface area contributed by atoms with E-state index >= 15 is 0 Å². The molecule has 9 heteroatoms. The van der Waals surface area contributed by atoms with E-state index in [1.54, 1.807) is 18.6 Å². The molecule has 0 bridgehead atoms. The number of aromatic nitrogens is 3. The number of carbonyl (C=O) groups is 2. The van der Waals surface area contributed by atoms with Crippen molar-refractivity contribution in [1.82, 2.24) is 24.8 Å². The zero-order chi connectivity index (χ0) is 39.9. The Morgan fingerprint density at radius 2 is 1.46 bits per heavy atom. The van der Waals surface area contributed by atoms with Crippen LogP contribution in [0.1, 0.15) is 79.8 Å². The van der Waals surface area contributed by atoms with Gasteiger partial charge in [0.1, 0.15) is 0 Å². The lowest BCUT2D eigenvalue weighted by atomic mass is 10.1. The highest BCUT2D eigenvalue weighted by atomic mass is 16.2. The summed E-state index contributed by atoms with van der Waals surface area (Å²) in [6, 6.07) is 19.1. The summed E-state index contributed by atoms with van der Waals surface area (Å²) in [5.74, 6) is 0.524. The van der Waals surface area contributed by atoms with Crippen LogP contribution >= 0.6 is 0 Å². The van der Waals surface area contributed by atoms with Gasteiger partial charge >= 0.3 is 0 Å². The lowest BCUT2D eigenvalue weighted by Crippen LogP contribution is -2.48. The van der Waals surface area contributed by atoms with E-state index in [0.717, 1.165) is 106 Å². The van der Waals surface area contributed by atoms with Crippen LogP contribution in [0, 0.1) is 6.92 Å². The Hall–Kier alpha value is -5.93. The number of nitrogens with zero attached hydrogens (tertiary/aromatic N) is 5. The first kappa shape index (κ1) is 42.2. The summed E-state index contributed by atoms with van der Waals surface area (Å²) in [7, 11) is 0. The molecule has 1 aliphatic rings. The molecule has 2 aromatic carbocycles. The number of nitrogens with one attached hydrogen (secondary N) is 2. The molecule has 0 unspecified atom stereocenters. The Kier molecular flexibility index (Phi) is 17.7. The summed E-state index contributed by atoms with van der Waals surface area (Å²) in [5, 5.41) is 6.32. The first-order chi connectivity index (χ1) is 28.0. The minimum absolute atomic E-state index is 0.181. The molecule has 4 aromatic rings. The maximum atomic E-state index is 13.2. The summed E-state index contributed by atoms with van der Waals surface area (Å²) in [5.41, 5.74) is 5.86. The quantitative estimate of drug-likeness (QED) is 0.0682. The number of amides is 2. The average Bonchev–Trinajstić information content (AvgIpc) is 3.24. The fourth-order valence-electron chi connectivity index (χ4n) is 6.33. The Morgan fingerprint density at radius 1 is 0.772 bits per heavy atom. The molecule has 0 radical (unpaired) electrons. The number of anilines is 3. The van der Waals surface area contributed by atoms with E-state index in [1.807, 2.05) is 72.5 Å². The zero-order valence-electron chi connectivity index (χ0n) is 33.5. The highest BCUT2D eigenvalue weighted by Gasteiger charge is 2.21. The van der Waals surface area contributed by atoms with Crippen LogP contribution in [0.4, 0.5) is 17.3 Å². The second-order valence-corrected chi connectivity index (χ2v) is 14.1. The number of aryl methyl sites for hydroxylation is 1. The molecule has 9 nitrogen and oxygen atoms in total. The molecule has 0 atom stereocenters. The van der Waals surface area contributed by atoms with Gasteiger partial charge in [0.15, 0.2) is 0 Å². The van der Waals surface area contributed by atoms with Crippen molar-refractivity contribution in [1.29, 1.82) is 0 Å². The molecule has 1 saturated heterocycles. The minimum Gasteiger partial charge on any atom is -0.340 e. The first-order valence-corrected chi connectivity index (χ1v) is 20.2. The van der Waals surface area contributed by atoms with Crippen LogP contribution in [0.3, 0.4) is 0 Å². The van der Waals surface area contributed by atoms with E-state index in [2.05, 4.69) is 98.2 Å². The number of carbonyl (C=O) groups excluding carboxylic acids is 2. The van der Waals surface area contributed by atoms with Crippen LogP contribution < -0.4 is 10.6 Å². The van der Waals surface area contributed by atoms with Gasteiger partial charge in [0, 0.05) is 80.2 Å². The molecule has 0 aliphatic carbocycles. The van der Waals surface area contributed by atoms with E-state index in [1.165, 1.54) is 0 Å². The molecule has 1 aliphatic heterocycles. The van der Waals surface area contributed by atoms with Crippen molar-refractivity contribution in [3.05, 3.63) is 157 Å². The zero-order valence-corrected chi connectivity index (χ0v) is 33.5. The molecular weight excluding hydrogens is 707 g/mol. The van der Waals surface area contributed by atoms with Crippen molar-refractivity contribution in [2.75, 3.05) is 36.8 Å². The van der Waals surface area contributed by atoms with E-state index < -0.39 is 0 Å². The topological polar surface area (TPSA) is 103 Å². The van der Waals surface area contributed by atoms with Crippen molar-refractivity contribution in [3.63, 3.8) is 0 Å². The van der Waals surface area contributed by atoms with Crippen molar-refractivity contribution >= 4 is 29.1 Å². The van der Waals surface area contributed by atoms with Crippen LogP contribution in [0.15, 0.2) is 140 Å². The number of benzene rings is 2. The van der Waals surface area contributed by atoms with Gasteiger partial charge in [-0.2, -0.15) is 0 Å². The average molecular weight is 764 g/mol. The molecule has 2 amide bonds. The lowest BCUT2D eigenvalue weighted by molar-refractivity contribution is -0.133. The highest BCUT2D eigenvalue weighted by Crippen LogP contribution is 2.25. The van der Waals surface area contributed by atoms with Crippen LogP contribution in [-0.4, -0.2) is 62.7 Å². The van der Waals surface area contributed by atoms with Gasteiger partial charge < -0.3 is 15.5 Å². The molecule has 1 fully saturated rings. The van der Waals surface area contributed by atoms with Gasteiger partial charge in [0.25, 0.3) is 5.91 Å². The normalized spacial score (nSPS) is 13.8. The van der Waals surface area contributed by atoms with Crippen LogP contribution in [-0.2, 0) is 11.3 Å². The molecule has 3 heterocycles. The molecular formula is C48H57N7O2. The summed E-state index contributed by atoms with van der Waals surface area (Å²) in [4.78, 5) is 43.6. The van der Waals surface area contributed by atoms with E-state index in [4.69, 9.17) is 0 Å². The Bertz CT molecular complexity index is 1990. The fraction of sp³-hybridized carbons (Fsp3) is 0.312. The van der Waals surface area contributed by atoms with Crippen molar-refractivity contribution in [2.45, 2.75) is 71.8 Å². The third-order valence-corrected chi connectivity index (χ3v) is 9.62. The number of hydrogen-bond donors (Lipinski definition) is 2. The smallest absolute Gasteiger partial charge is 0.255 e. The standard InChI is InChI=1S/C48H57N7O2/c1-3-4-5-6-7-8-9-10-11-12-13-14-15-16-17-18-19-22-46(56)55-34-32-54(33-35-55)38-40-24-26-41(27-25-40)47(57)51-43-28-23-39(2)45(36-43)53-48-50-31-29-44(52-48)42-21-20-30-49-37-42/h4-5,7-8,10-11,13-14,16-17,20-21,23-31,36-37H,3,6,9,12,15,18-19,22,32-35,38H2,1-2H3,(H,51,57)(H,50,52,53)/b5-4-,8-7?,11-10?,14-13-,17-16-. The van der Waals surface area contributed by atoms with Crippen molar-refractivity contribution < 1.29 is 9.59 Å². The van der Waals surface area contributed by atoms with Gasteiger partial charge in [-0.25, -0.2) is 9.97 Å². The molecule has 2 N–H and O–H groups in total. The van der Waals surface area contributed by atoms with Crippen LogP contribution in [0.25, 0.3) is 11.3 Å². The number of piperazine rings is 1. The van der Waals surface area contributed by atoms with E-state index in [-0.39, 0.29) is 11.8 Å². The summed E-state index contributed by atoms with van der Waals surface area (Å²) in [6.45, 7) is 8.10. The third kappa shape index (κ3) is 14.9. The monoisotopic (exact) mass is 763 g/mol. The highest BCUT2D eigenvalue weighted by molar-refractivity contribution is 6.04. The van der Waals surface area contributed by atoms with E-state index in [0.29, 0.717) is 23.6 Å². The Labute approximate surface area is 339 Å². The SMILES string of the molecule is CC/C=C\CC=CCC=CC/C=C\C/C=C\CCCC(=O)N1CCN(Cc2ccc(C(=O)Nc3ccc(C)c(Nc4nccc(-c5cccnc5)n4)c3)cc2)CC1. The minimum atomic E-state index is -0.181. The maximum absolute atomic E-state index is 13.2. The molecule has 5 rings (SSSR count). The van der Waals surface area contributed by atoms with Crippen molar-refractivity contribution in [2.24, 2.45) is 0 Å². The summed E-state index contributed by atoms with van der Waals surface area (Å²) < 4.78 is 0. The van der Waals surface area contributed by atoms with Gasteiger partial charge in [-0.05, 0) is 105 Å². The molecule has 57 heavy (non-hydrogen) atoms. The van der Waals surface area contributed by atoms with Gasteiger partial charge in [-0.1, -0.05) is 85.9 Å². The Morgan fingerprint density at radius 3 is 2.12 bits per heavy atom. The first-order valence-electron chi connectivity index (χ1n) is 20.2. The van der Waals surface area contributed by atoms with Crippen molar-refractivity contribution in [3.8, 4) is 11.3 Å². The van der Waals surface area contributed by atoms with Crippen LogP contribution in [0.2, 0.25) is 0 Å². The van der Waals surface area contributed by atoms with Gasteiger partial charge in [-0.15, -0.1) is 0 Å². The maximum Gasteiger partial charge on any atom is 0.255 e. The summed E-state index contributed by atoms with van der Waals surface area (Å²) >= 11 is 0. The number of unbranched alkanes of at least 4 members (excludes halogenated alkanes) is 1. The molecule has 0 saturated carbocycles. The van der Waals surface area contributed by atoms with Gasteiger partial charge in [-0.3, -0.25) is 19.5 Å². The summed E-state index contributed by atoms with van der Waals surface area (Å²) in [6.07, 6.45) is 34.6.